The molecule has 4 aromatic rings. The number of aromatic nitrogens is 4. The van der Waals surface area contributed by atoms with Crippen LogP contribution in [0.15, 0.2) is 42.6 Å². The van der Waals surface area contributed by atoms with Crippen molar-refractivity contribution < 1.29 is 4.74 Å². The van der Waals surface area contributed by atoms with Gasteiger partial charge in [0.05, 0.1) is 5.56 Å². The van der Waals surface area contributed by atoms with E-state index in [1.165, 1.54) is 0 Å². The van der Waals surface area contributed by atoms with Crippen LogP contribution in [0.1, 0.15) is 16.8 Å². The van der Waals surface area contributed by atoms with E-state index in [2.05, 4.69) is 20.2 Å². The summed E-state index contributed by atoms with van der Waals surface area (Å²) in [6, 6.07) is 11.7. The van der Waals surface area contributed by atoms with Gasteiger partial charge in [0.25, 0.3) is 0 Å². The minimum atomic E-state index is 0.306. The Morgan fingerprint density at radius 1 is 1.08 bits per heavy atom. The summed E-state index contributed by atoms with van der Waals surface area (Å²) in [5.74, 6) is 1.24. The van der Waals surface area contributed by atoms with E-state index >= 15 is 0 Å². The number of ether oxygens (including phenoxy) is 1. The second kappa shape index (κ2) is 6.42. The van der Waals surface area contributed by atoms with Crippen molar-refractivity contribution in [1.82, 2.24) is 20.2 Å². The lowest BCUT2D eigenvalue weighted by Crippen LogP contribution is -1.96. The summed E-state index contributed by atoms with van der Waals surface area (Å²) < 4.78 is 6.21. The highest BCUT2D eigenvalue weighted by Crippen LogP contribution is 2.41. The van der Waals surface area contributed by atoms with Gasteiger partial charge in [-0.25, -0.2) is 9.97 Å². The van der Waals surface area contributed by atoms with Crippen LogP contribution in [-0.2, 0) is 0 Å². The van der Waals surface area contributed by atoms with Crippen molar-refractivity contribution in [1.29, 1.82) is 0 Å². The number of H-pyrrole nitrogens is 1. The monoisotopic (exact) mass is 364 g/mol. The average molecular weight is 365 g/mol. The molecule has 1 aromatic carbocycles. The first kappa shape index (κ1) is 16.5. The molecule has 1 N–H and O–H groups in total. The van der Waals surface area contributed by atoms with Crippen LogP contribution in [0, 0.1) is 20.8 Å². The smallest absolute Gasteiger partial charge is 0.174 e. The maximum absolute atomic E-state index is 6.46. The molecule has 0 saturated carbocycles. The highest BCUT2D eigenvalue weighted by Gasteiger charge is 2.19. The highest BCUT2D eigenvalue weighted by molar-refractivity contribution is 6.31. The molecule has 0 fully saturated rings. The number of aryl methyl sites for hydroxylation is 2. The van der Waals surface area contributed by atoms with Gasteiger partial charge in [0.1, 0.15) is 11.4 Å². The van der Waals surface area contributed by atoms with Crippen molar-refractivity contribution in [3.8, 4) is 22.8 Å². The van der Waals surface area contributed by atoms with E-state index in [1.807, 2.05) is 57.2 Å². The predicted molar refractivity (Wildman–Crippen MR) is 103 cm³/mol. The Kier molecular flexibility index (Phi) is 4.09. The normalized spacial score (nSPS) is 11.1. The summed E-state index contributed by atoms with van der Waals surface area (Å²) in [5.41, 5.74) is 5.23. The van der Waals surface area contributed by atoms with Crippen LogP contribution in [0.5, 0.6) is 11.5 Å². The Bertz CT molecular complexity index is 1120. The van der Waals surface area contributed by atoms with E-state index in [1.54, 1.807) is 6.20 Å². The summed E-state index contributed by atoms with van der Waals surface area (Å²) >= 11 is 6.46. The van der Waals surface area contributed by atoms with Gasteiger partial charge in [-0.15, -0.1) is 0 Å². The van der Waals surface area contributed by atoms with Crippen molar-refractivity contribution in [3.05, 3.63) is 64.6 Å². The maximum atomic E-state index is 6.46. The molecule has 0 spiro atoms. The van der Waals surface area contributed by atoms with Crippen LogP contribution in [0.3, 0.4) is 0 Å². The fourth-order valence-corrected chi connectivity index (χ4v) is 3.17. The molecule has 0 bridgehead atoms. The number of nitrogens with zero attached hydrogens (tertiary/aromatic N) is 3. The van der Waals surface area contributed by atoms with Gasteiger partial charge in [-0.1, -0.05) is 23.7 Å². The molecule has 0 aliphatic rings. The van der Waals surface area contributed by atoms with E-state index in [4.69, 9.17) is 16.3 Å². The van der Waals surface area contributed by atoms with E-state index in [-0.39, 0.29) is 0 Å². The zero-order valence-electron chi connectivity index (χ0n) is 14.7. The van der Waals surface area contributed by atoms with Gasteiger partial charge in [-0.05, 0) is 56.2 Å². The molecule has 3 heterocycles. The lowest BCUT2D eigenvalue weighted by atomic mass is 10.1. The van der Waals surface area contributed by atoms with Crippen molar-refractivity contribution in [3.63, 3.8) is 0 Å². The number of pyridine rings is 2. The Morgan fingerprint density at radius 3 is 2.77 bits per heavy atom. The number of hydrogen-bond acceptors (Lipinski definition) is 4. The third-order valence-electron chi connectivity index (χ3n) is 4.42. The van der Waals surface area contributed by atoms with Gasteiger partial charge in [-0.2, -0.15) is 5.10 Å². The van der Waals surface area contributed by atoms with Crippen molar-refractivity contribution in [2.24, 2.45) is 0 Å². The Balaban J connectivity index is 1.92. The third kappa shape index (κ3) is 2.80. The molecular formula is C20H17ClN4O. The van der Waals surface area contributed by atoms with Crippen LogP contribution < -0.4 is 4.74 Å². The molecular weight excluding hydrogens is 348 g/mol. The number of nitrogens with one attached hydrogen (secondary N) is 1. The lowest BCUT2D eigenvalue weighted by Gasteiger charge is -2.15. The summed E-state index contributed by atoms with van der Waals surface area (Å²) in [6.45, 7) is 5.96. The van der Waals surface area contributed by atoms with E-state index in [9.17, 15) is 0 Å². The van der Waals surface area contributed by atoms with Gasteiger partial charge in [-0.3, -0.25) is 5.10 Å². The quantitative estimate of drug-likeness (QED) is 0.495. The van der Waals surface area contributed by atoms with E-state index in [0.717, 1.165) is 39.2 Å². The first-order valence-electron chi connectivity index (χ1n) is 8.25. The SMILES string of the molecule is Cc1cc(-c2n[nH]c3ncccc23)c(Oc2cccc(C)c2C)c(Cl)n1. The zero-order chi connectivity index (χ0) is 18.3. The Hall–Kier alpha value is -2.92. The molecule has 0 saturated heterocycles. The second-order valence-corrected chi connectivity index (χ2v) is 6.56. The molecule has 0 unspecified atom stereocenters. The standard InChI is InChI=1S/C20H17ClN4O/c1-11-6-4-8-16(13(11)3)26-18-15(10-12(2)23-19(18)21)17-14-7-5-9-22-20(14)25-24-17/h4-10H,1-3H3,(H,22,24,25). The van der Waals surface area contributed by atoms with Crippen LogP contribution in [-0.4, -0.2) is 20.2 Å². The van der Waals surface area contributed by atoms with Gasteiger partial charge >= 0.3 is 0 Å². The van der Waals surface area contributed by atoms with Crippen LogP contribution in [0.4, 0.5) is 0 Å². The van der Waals surface area contributed by atoms with Crippen molar-refractivity contribution >= 4 is 22.6 Å². The maximum Gasteiger partial charge on any atom is 0.174 e. The van der Waals surface area contributed by atoms with Crippen LogP contribution in [0.25, 0.3) is 22.3 Å². The lowest BCUT2D eigenvalue weighted by molar-refractivity contribution is 0.477. The molecule has 4 rings (SSSR count). The third-order valence-corrected chi connectivity index (χ3v) is 4.67. The predicted octanol–water partition coefficient (Wildman–Crippen LogP) is 5.39. The van der Waals surface area contributed by atoms with Gasteiger partial charge < -0.3 is 4.74 Å². The van der Waals surface area contributed by atoms with Crippen molar-refractivity contribution in [2.75, 3.05) is 0 Å². The summed E-state index contributed by atoms with van der Waals surface area (Å²) in [6.07, 6.45) is 1.72. The zero-order valence-corrected chi connectivity index (χ0v) is 15.4. The van der Waals surface area contributed by atoms with Crippen LogP contribution >= 0.6 is 11.6 Å². The molecule has 0 atom stereocenters. The fraction of sp³-hybridized carbons (Fsp3) is 0.150. The molecule has 0 aliphatic carbocycles. The number of benzene rings is 1. The molecule has 130 valence electrons. The number of aromatic amines is 1. The number of fused-ring (bicyclic) bond motifs is 1. The molecule has 26 heavy (non-hydrogen) atoms. The summed E-state index contributed by atoms with van der Waals surface area (Å²) in [5, 5.41) is 8.60. The Labute approximate surface area is 156 Å². The highest BCUT2D eigenvalue weighted by atomic mass is 35.5. The minimum Gasteiger partial charge on any atom is -0.453 e. The largest absolute Gasteiger partial charge is 0.453 e. The number of halogens is 1. The molecule has 3 aromatic heterocycles. The van der Waals surface area contributed by atoms with E-state index in [0.29, 0.717) is 16.5 Å². The molecule has 5 nitrogen and oxygen atoms in total. The minimum absolute atomic E-state index is 0.306. The fourth-order valence-electron chi connectivity index (χ4n) is 2.90. The average Bonchev–Trinajstić information content (AvgIpc) is 3.04. The topological polar surface area (TPSA) is 63.7 Å². The molecule has 0 aliphatic heterocycles. The molecule has 6 heteroatoms. The first-order chi connectivity index (χ1) is 12.5. The second-order valence-electron chi connectivity index (χ2n) is 6.20. The Morgan fingerprint density at radius 2 is 1.92 bits per heavy atom. The summed E-state index contributed by atoms with van der Waals surface area (Å²) in [7, 11) is 0. The summed E-state index contributed by atoms with van der Waals surface area (Å²) in [4.78, 5) is 8.66. The first-order valence-corrected chi connectivity index (χ1v) is 8.63. The number of rotatable bonds is 3. The molecule has 0 amide bonds. The number of hydrogen-bond donors (Lipinski definition) is 1. The van der Waals surface area contributed by atoms with Crippen LogP contribution in [0.2, 0.25) is 5.15 Å². The van der Waals surface area contributed by atoms with Crippen molar-refractivity contribution in [2.45, 2.75) is 20.8 Å². The van der Waals surface area contributed by atoms with Gasteiger partial charge in [0.15, 0.2) is 16.5 Å². The van der Waals surface area contributed by atoms with E-state index < -0.39 is 0 Å². The van der Waals surface area contributed by atoms with Gasteiger partial charge in [0.2, 0.25) is 0 Å². The molecule has 0 radical (unpaired) electrons. The van der Waals surface area contributed by atoms with Gasteiger partial charge in [0, 0.05) is 17.3 Å².